The lowest BCUT2D eigenvalue weighted by atomic mass is 9.85. The summed E-state index contributed by atoms with van der Waals surface area (Å²) in [5.41, 5.74) is 4.18. The van der Waals surface area contributed by atoms with Gasteiger partial charge >= 0.3 is 5.97 Å². The van der Waals surface area contributed by atoms with Crippen molar-refractivity contribution in [1.29, 1.82) is 0 Å². The third-order valence-corrected chi connectivity index (χ3v) is 9.23. The van der Waals surface area contributed by atoms with Crippen LogP contribution in [0.25, 0.3) is 10.4 Å². The molecule has 1 aliphatic heterocycles. The lowest BCUT2D eigenvalue weighted by Gasteiger charge is -2.35. The fourth-order valence-electron chi connectivity index (χ4n) is 5.64. The number of carboxylic acid groups (broad SMARTS) is 1. The second kappa shape index (κ2) is 17.4. The van der Waals surface area contributed by atoms with E-state index in [4.69, 9.17) is 5.11 Å². The van der Waals surface area contributed by atoms with E-state index in [2.05, 4.69) is 15.6 Å². The second-order valence-electron chi connectivity index (χ2n) is 13.2. The van der Waals surface area contributed by atoms with Gasteiger partial charge in [-0.15, -0.1) is 11.3 Å². The van der Waals surface area contributed by atoms with Gasteiger partial charge in [0.25, 0.3) is 0 Å². The summed E-state index contributed by atoms with van der Waals surface area (Å²) in [4.78, 5) is 57.3. The summed E-state index contributed by atoms with van der Waals surface area (Å²) in [5, 5.41) is 25.0. The predicted octanol–water partition coefficient (Wildman–Crippen LogP) is 5.21. The number of aryl methyl sites for hydroxylation is 1. The van der Waals surface area contributed by atoms with Crippen molar-refractivity contribution in [1.82, 2.24) is 20.5 Å². The third-order valence-electron chi connectivity index (χ3n) is 8.26. The molecule has 0 radical (unpaired) electrons. The second-order valence-corrected chi connectivity index (χ2v) is 14.0. The number of thiazole rings is 1. The number of aromatic nitrogens is 1. The summed E-state index contributed by atoms with van der Waals surface area (Å²) >= 11 is 1.58. The van der Waals surface area contributed by atoms with E-state index in [1.807, 2.05) is 57.5 Å². The molecule has 10 nitrogen and oxygen atoms in total. The molecule has 248 valence electrons. The van der Waals surface area contributed by atoms with E-state index >= 15 is 0 Å². The summed E-state index contributed by atoms with van der Waals surface area (Å²) in [7, 11) is 0. The molecule has 1 aromatic heterocycles. The highest BCUT2D eigenvalue weighted by atomic mass is 32.1. The smallest absolute Gasteiger partial charge is 0.303 e. The molecular weight excluding hydrogens is 592 g/mol. The van der Waals surface area contributed by atoms with Gasteiger partial charge < -0.3 is 25.7 Å². The Kier molecular flexibility index (Phi) is 14.0. The molecule has 3 amide bonds. The highest BCUT2D eigenvalue weighted by molar-refractivity contribution is 7.13. The first-order valence-corrected chi connectivity index (χ1v) is 17.0. The first kappa shape index (κ1) is 36.2. The van der Waals surface area contributed by atoms with Gasteiger partial charge in [-0.3, -0.25) is 19.2 Å². The van der Waals surface area contributed by atoms with Gasteiger partial charge in [0.15, 0.2) is 0 Å². The summed E-state index contributed by atoms with van der Waals surface area (Å²) < 4.78 is 0. The molecule has 1 aliphatic rings. The van der Waals surface area contributed by atoms with E-state index in [0.29, 0.717) is 25.8 Å². The number of nitrogens with zero attached hydrogens (tertiary/aromatic N) is 2. The number of aliphatic hydroxyl groups is 1. The molecular formula is C34H50N4O6S. The molecule has 1 fully saturated rings. The average molecular weight is 643 g/mol. The molecule has 45 heavy (non-hydrogen) atoms. The minimum Gasteiger partial charge on any atom is -0.481 e. The molecule has 2 aromatic rings. The van der Waals surface area contributed by atoms with Crippen molar-refractivity contribution >= 4 is 35.0 Å². The van der Waals surface area contributed by atoms with Crippen LogP contribution in [0, 0.1) is 12.3 Å². The zero-order valence-corrected chi connectivity index (χ0v) is 28.0. The van der Waals surface area contributed by atoms with Crippen molar-refractivity contribution in [3.8, 4) is 10.4 Å². The van der Waals surface area contributed by atoms with Crippen LogP contribution in [0.1, 0.15) is 103 Å². The maximum Gasteiger partial charge on any atom is 0.303 e. The Morgan fingerprint density at radius 1 is 0.978 bits per heavy atom. The molecule has 0 spiro atoms. The van der Waals surface area contributed by atoms with E-state index in [-0.39, 0.29) is 37.1 Å². The predicted molar refractivity (Wildman–Crippen MR) is 175 cm³/mol. The van der Waals surface area contributed by atoms with E-state index in [0.717, 1.165) is 60.2 Å². The van der Waals surface area contributed by atoms with Gasteiger partial charge in [0.2, 0.25) is 17.7 Å². The van der Waals surface area contributed by atoms with Crippen molar-refractivity contribution in [3.05, 3.63) is 41.0 Å². The van der Waals surface area contributed by atoms with Gasteiger partial charge in [-0.2, -0.15) is 0 Å². The van der Waals surface area contributed by atoms with Crippen LogP contribution in [0.3, 0.4) is 0 Å². The van der Waals surface area contributed by atoms with Crippen LogP contribution in [-0.2, 0) is 25.7 Å². The highest BCUT2D eigenvalue weighted by Crippen LogP contribution is 2.28. The molecule has 1 saturated heterocycles. The highest BCUT2D eigenvalue weighted by Gasteiger charge is 2.44. The molecule has 0 bridgehead atoms. The number of unbranched alkanes of at least 4 members (excludes halogenated alkanes) is 7. The number of hydrogen-bond acceptors (Lipinski definition) is 7. The Morgan fingerprint density at radius 3 is 2.13 bits per heavy atom. The fraction of sp³-hybridized carbons (Fsp3) is 0.618. The number of aliphatic carboxylic acids is 1. The number of carbonyl (C=O) groups excluding carboxylic acids is 3. The lowest BCUT2D eigenvalue weighted by molar-refractivity contribution is -0.144. The molecule has 0 saturated carbocycles. The number of carbonyl (C=O) groups is 4. The molecule has 3 rings (SSSR count). The van der Waals surface area contributed by atoms with Crippen molar-refractivity contribution in [2.24, 2.45) is 5.41 Å². The number of hydrogen-bond donors (Lipinski definition) is 4. The Labute approximate surface area is 271 Å². The number of nitrogens with one attached hydrogen (secondary N) is 2. The van der Waals surface area contributed by atoms with Crippen LogP contribution in [-0.4, -0.2) is 68.5 Å². The van der Waals surface area contributed by atoms with E-state index in [1.54, 1.807) is 11.3 Å². The molecule has 11 heteroatoms. The van der Waals surface area contributed by atoms with Crippen molar-refractivity contribution in [2.45, 2.75) is 123 Å². The molecule has 0 aliphatic carbocycles. The fourth-order valence-corrected chi connectivity index (χ4v) is 6.45. The first-order valence-electron chi connectivity index (χ1n) is 16.1. The normalized spacial score (nSPS) is 17.2. The molecule has 1 aromatic carbocycles. The van der Waals surface area contributed by atoms with Gasteiger partial charge in [-0.25, -0.2) is 4.98 Å². The van der Waals surface area contributed by atoms with Crippen LogP contribution in [0.15, 0.2) is 29.8 Å². The molecule has 4 N–H and O–H groups in total. The zero-order valence-electron chi connectivity index (χ0n) is 27.1. The van der Waals surface area contributed by atoms with Crippen LogP contribution >= 0.6 is 11.3 Å². The van der Waals surface area contributed by atoms with Gasteiger partial charge in [0, 0.05) is 32.4 Å². The monoisotopic (exact) mass is 642 g/mol. The van der Waals surface area contributed by atoms with Crippen LogP contribution in [0.5, 0.6) is 0 Å². The SMILES string of the molecule is Cc1ncsc1-c1ccc(CNC(=O)C2CC(O)CN2C(=O)C(NC(=O)CCCCCCCCCCC(=O)O)C(C)(C)C)cc1. The molecule has 3 atom stereocenters. The molecule has 2 heterocycles. The number of aliphatic hydroxyl groups excluding tert-OH is 1. The standard InChI is InChI=1S/C34H50N4O6S/c1-23-30(45-22-36-23)25-17-15-24(16-18-25)20-35-32(43)27-19-26(39)21-38(27)33(44)31(34(2,3)4)37-28(40)13-11-9-7-5-6-8-10-12-14-29(41)42/h15-18,22,26-27,31,39H,5-14,19-21H2,1-4H3,(H,35,43)(H,37,40)(H,41,42). The lowest BCUT2D eigenvalue weighted by Crippen LogP contribution is -2.57. The van der Waals surface area contributed by atoms with Gasteiger partial charge in [0.05, 0.1) is 22.2 Å². The van der Waals surface area contributed by atoms with Crippen molar-refractivity contribution in [2.75, 3.05) is 6.54 Å². The minimum absolute atomic E-state index is 0.0403. The van der Waals surface area contributed by atoms with Crippen LogP contribution in [0.2, 0.25) is 0 Å². The average Bonchev–Trinajstić information content (AvgIpc) is 3.60. The van der Waals surface area contributed by atoms with Crippen LogP contribution in [0.4, 0.5) is 0 Å². The minimum atomic E-state index is -0.834. The number of rotatable bonds is 17. The maximum absolute atomic E-state index is 13.8. The Morgan fingerprint density at radius 2 is 1.58 bits per heavy atom. The number of carboxylic acids is 1. The number of β-amino-alcohol motifs (C(OH)–C–C–N with tert-alkyl or cyclic N) is 1. The summed E-state index contributed by atoms with van der Waals surface area (Å²) in [6.07, 6.45) is 7.27. The number of benzene rings is 1. The van der Waals surface area contributed by atoms with E-state index in [9.17, 15) is 24.3 Å². The zero-order chi connectivity index (χ0) is 33.0. The Hall–Kier alpha value is -3.31. The maximum atomic E-state index is 13.8. The van der Waals surface area contributed by atoms with Gasteiger partial charge in [0.1, 0.15) is 12.1 Å². The van der Waals surface area contributed by atoms with Gasteiger partial charge in [-0.05, 0) is 36.3 Å². The summed E-state index contributed by atoms with van der Waals surface area (Å²) in [5.74, 6) is -1.64. The Balaban J connectivity index is 1.48. The summed E-state index contributed by atoms with van der Waals surface area (Å²) in [6, 6.07) is 6.26. The number of likely N-dealkylation sites (tertiary alicyclic amines) is 1. The third kappa shape index (κ3) is 11.5. The van der Waals surface area contributed by atoms with Crippen LogP contribution < -0.4 is 10.6 Å². The van der Waals surface area contributed by atoms with Crippen molar-refractivity contribution in [3.63, 3.8) is 0 Å². The van der Waals surface area contributed by atoms with E-state index < -0.39 is 29.6 Å². The summed E-state index contributed by atoms with van der Waals surface area (Å²) in [6.45, 7) is 7.94. The number of amides is 3. The largest absolute Gasteiger partial charge is 0.481 e. The quantitative estimate of drug-likeness (QED) is 0.173. The van der Waals surface area contributed by atoms with E-state index in [1.165, 1.54) is 4.90 Å². The first-order chi connectivity index (χ1) is 21.4. The topological polar surface area (TPSA) is 149 Å². The van der Waals surface area contributed by atoms with Gasteiger partial charge in [-0.1, -0.05) is 83.6 Å². The molecule has 3 unspecified atom stereocenters. The Bertz CT molecular complexity index is 1270. The van der Waals surface area contributed by atoms with Crippen molar-refractivity contribution < 1.29 is 29.4 Å².